The maximum atomic E-state index is 11.6. The third-order valence-electron chi connectivity index (χ3n) is 4.45. The first kappa shape index (κ1) is 19.4. The second-order valence-corrected chi connectivity index (χ2v) is 6.58. The molecule has 0 unspecified atom stereocenters. The van der Waals surface area contributed by atoms with Crippen LogP contribution in [0.4, 0.5) is 23.0 Å². The molecule has 7 heteroatoms. The van der Waals surface area contributed by atoms with Crippen LogP contribution in [0.1, 0.15) is 25.8 Å². The van der Waals surface area contributed by atoms with Gasteiger partial charge in [0.25, 0.3) is 0 Å². The molecule has 0 saturated heterocycles. The number of benzene rings is 1. The van der Waals surface area contributed by atoms with Crippen molar-refractivity contribution in [3.05, 3.63) is 54.7 Å². The molecule has 2 N–H and O–H groups in total. The first-order chi connectivity index (χ1) is 13.5. The molecule has 2 aromatic heterocycles. The van der Waals surface area contributed by atoms with Gasteiger partial charge in [-0.25, -0.2) is 4.98 Å². The van der Waals surface area contributed by atoms with Crippen LogP contribution in [0.5, 0.6) is 0 Å². The number of hydrogen-bond donors (Lipinski definition) is 2. The Labute approximate surface area is 165 Å². The smallest absolute Gasteiger partial charge is 0.247 e. The van der Waals surface area contributed by atoms with Crippen molar-refractivity contribution in [3.8, 4) is 0 Å². The summed E-state index contributed by atoms with van der Waals surface area (Å²) in [5, 5.41) is 10.7. The fraction of sp³-hybridized carbons (Fsp3) is 0.286. The maximum absolute atomic E-state index is 11.6. The van der Waals surface area contributed by atoms with Crippen LogP contribution in [0, 0.1) is 0 Å². The van der Waals surface area contributed by atoms with E-state index < -0.39 is 0 Å². The number of carbonyl (C=O) groups excluding carboxylic acids is 1. The van der Waals surface area contributed by atoms with Crippen molar-refractivity contribution in [2.75, 3.05) is 29.1 Å². The summed E-state index contributed by atoms with van der Waals surface area (Å²) in [5.41, 5.74) is 3.48. The Morgan fingerprint density at radius 2 is 2.07 bits per heavy atom. The number of nitrogens with one attached hydrogen (secondary N) is 2. The summed E-state index contributed by atoms with van der Waals surface area (Å²) in [6, 6.07) is 9.51. The van der Waals surface area contributed by atoms with Crippen molar-refractivity contribution < 1.29 is 4.79 Å². The van der Waals surface area contributed by atoms with Crippen LogP contribution >= 0.6 is 0 Å². The molecule has 0 fully saturated rings. The topological polar surface area (TPSA) is 74.6 Å². The second-order valence-electron chi connectivity index (χ2n) is 6.58. The molecule has 0 radical (unpaired) electrons. The van der Waals surface area contributed by atoms with Gasteiger partial charge in [-0.1, -0.05) is 26.5 Å². The predicted molar refractivity (Wildman–Crippen MR) is 114 cm³/mol. The SMILES string of the molecule is C=CC(=O)Nc1cccc(Nc2cc(N(C)CCC)nc3c(CC)cnn23)c1. The fourth-order valence-electron chi connectivity index (χ4n) is 3.00. The van der Waals surface area contributed by atoms with Gasteiger partial charge in [0.15, 0.2) is 5.65 Å². The van der Waals surface area contributed by atoms with Crippen LogP contribution in [0.3, 0.4) is 0 Å². The zero-order chi connectivity index (χ0) is 20.1. The van der Waals surface area contributed by atoms with Gasteiger partial charge in [-0.15, -0.1) is 0 Å². The highest BCUT2D eigenvalue weighted by atomic mass is 16.1. The molecule has 0 aliphatic heterocycles. The molecule has 0 aliphatic rings. The number of hydrogen-bond acceptors (Lipinski definition) is 5. The molecule has 2 heterocycles. The summed E-state index contributed by atoms with van der Waals surface area (Å²) in [5.74, 6) is 1.46. The van der Waals surface area contributed by atoms with Crippen LogP contribution in [-0.4, -0.2) is 34.1 Å². The van der Waals surface area contributed by atoms with Crippen LogP contribution in [0.25, 0.3) is 5.65 Å². The summed E-state index contributed by atoms with van der Waals surface area (Å²) in [7, 11) is 2.04. The molecular formula is C21H26N6O. The molecule has 3 rings (SSSR count). The van der Waals surface area contributed by atoms with E-state index in [0.29, 0.717) is 5.69 Å². The number of fused-ring (bicyclic) bond motifs is 1. The van der Waals surface area contributed by atoms with Crippen molar-refractivity contribution in [1.82, 2.24) is 14.6 Å². The van der Waals surface area contributed by atoms with Gasteiger partial charge in [-0.2, -0.15) is 9.61 Å². The third-order valence-corrected chi connectivity index (χ3v) is 4.45. The third kappa shape index (κ3) is 4.14. The highest BCUT2D eigenvalue weighted by Gasteiger charge is 2.13. The van der Waals surface area contributed by atoms with Crippen LogP contribution in [0.2, 0.25) is 0 Å². The van der Waals surface area contributed by atoms with Crippen LogP contribution < -0.4 is 15.5 Å². The minimum atomic E-state index is -0.244. The van der Waals surface area contributed by atoms with E-state index in [4.69, 9.17) is 4.98 Å². The maximum Gasteiger partial charge on any atom is 0.247 e. The van der Waals surface area contributed by atoms with Crippen LogP contribution in [-0.2, 0) is 11.2 Å². The van der Waals surface area contributed by atoms with Crippen LogP contribution in [0.15, 0.2) is 49.2 Å². The molecule has 0 bridgehead atoms. The summed E-state index contributed by atoms with van der Waals surface area (Å²) >= 11 is 0. The van der Waals surface area contributed by atoms with Crippen molar-refractivity contribution in [2.24, 2.45) is 0 Å². The van der Waals surface area contributed by atoms with Crippen molar-refractivity contribution in [3.63, 3.8) is 0 Å². The monoisotopic (exact) mass is 378 g/mol. The predicted octanol–water partition coefficient (Wildman–Crippen LogP) is 4.01. The normalized spacial score (nSPS) is 10.7. The van der Waals surface area contributed by atoms with E-state index in [1.165, 1.54) is 6.08 Å². The van der Waals surface area contributed by atoms with Gasteiger partial charge in [-0.3, -0.25) is 4.79 Å². The molecule has 1 aromatic carbocycles. The number of amides is 1. The Bertz CT molecular complexity index is 994. The number of aryl methyl sites for hydroxylation is 1. The Balaban J connectivity index is 2.00. The average molecular weight is 378 g/mol. The minimum absolute atomic E-state index is 0.244. The zero-order valence-electron chi connectivity index (χ0n) is 16.6. The lowest BCUT2D eigenvalue weighted by Gasteiger charge is -2.19. The van der Waals surface area contributed by atoms with E-state index >= 15 is 0 Å². The summed E-state index contributed by atoms with van der Waals surface area (Å²) < 4.78 is 1.82. The molecule has 0 aliphatic carbocycles. The molecule has 0 saturated carbocycles. The van der Waals surface area contributed by atoms with E-state index in [1.807, 2.05) is 48.1 Å². The Morgan fingerprint density at radius 1 is 1.29 bits per heavy atom. The van der Waals surface area contributed by atoms with Gasteiger partial charge in [0.05, 0.1) is 6.20 Å². The molecule has 3 aromatic rings. The van der Waals surface area contributed by atoms with E-state index in [0.717, 1.165) is 47.9 Å². The minimum Gasteiger partial charge on any atom is -0.360 e. The van der Waals surface area contributed by atoms with E-state index in [2.05, 4.69) is 41.1 Å². The van der Waals surface area contributed by atoms with E-state index in [1.54, 1.807) is 0 Å². The first-order valence-corrected chi connectivity index (χ1v) is 9.45. The van der Waals surface area contributed by atoms with Gasteiger partial charge >= 0.3 is 0 Å². The molecule has 0 spiro atoms. The second kappa shape index (κ2) is 8.56. The lowest BCUT2D eigenvalue weighted by Crippen LogP contribution is -2.20. The number of rotatable bonds is 8. The van der Waals surface area contributed by atoms with Crippen molar-refractivity contribution in [1.29, 1.82) is 0 Å². The van der Waals surface area contributed by atoms with Gasteiger partial charge in [0.2, 0.25) is 5.91 Å². The standard InChI is InChI=1S/C21H26N6O/c1-5-11-26(4)18-13-19(27-21(25-18)15(6-2)14-22-27)23-16-9-8-10-17(12-16)24-20(28)7-3/h7-10,12-14,23H,3,5-6,11H2,1-2,4H3,(H,24,28). The summed E-state index contributed by atoms with van der Waals surface area (Å²) in [6.07, 6.45) is 5.01. The zero-order valence-corrected chi connectivity index (χ0v) is 16.6. The Kier molecular flexibility index (Phi) is 5.93. The molecule has 28 heavy (non-hydrogen) atoms. The average Bonchev–Trinajstić information content (AvgIpc) is 3.11. The van der Waals surface area contributed by atoms with E-state index in [-0.39, 0.29) is 5.91 Å². The van der Waals surface area contributed by atoms with Gasteiger partial charge in [-0.05, 0) is 37.1 Å². The number of aromatic nitrogens is 3. The number of nitrogens with zero attached hydrogens (tertiary/aromatic N) is 4. The van der Waals surface area contributed by atoms with Crippen molar-refractivity contribution >= 4 is 34.6 Å². The molecule has 1 amide bonds. The number of carbonyl (C=O) groups is 1. The molecule has 7 nitrogen and oxygen atoms in total. The lowest BCUT2D eigenvalue weighted by atomic mass is 10.2. The summed E-state index contributed by atoms with van der Waals surface area (Å²) in [4.78, 5) is 18.5. The Hall–Kier alpha value is -3.35. The fourth-order valence-corrected chi connectivity index (χ4v) is 3.00. The lowest BCUT2D eigenvalue weighted by molar-refractivity contribution is -0.111. The first-order valence-electron chi connectivity index (χ1n) is 9.45. The molecular weight excluding hydrogens is 352 g/mol. The highest BCUT2D eigenvalue weighted by molar-refractivity contribution is 5.99. The van der Waals surface area contributed by atoms with Gasteiger partial charge in [0, 0.05) is 36.6 Å². The largest absolute Gasteiger partial charge is 0.360 e. The van der Waals surface area contributed by atoms with Gasteiger partial charge in [0.1, 0.15) is 11.6 Å². The molecule has 146 valence electrons. The van der Waals surface area contributed by atoms with Crippen molar-refractivity contribution in [2.45, 2.75) is 26.7 Å². The van der Waals surface area contributed by atoms with E-state index in [9.17, 15) is 4.79 Å². The summed E-state index contributed by atoms with van der Waals surface area (Å²) in [6.45, 7) is 8.64. The Morgan fingerprint density at radius 3 is 2.79 bits per heavy atom. The number of anilines is 4. The molecule has 0 atom stereocenters. The quantitative estimate of drug-likeness (QED) is 0.580. The highest BCUT2D eigenvalue weighted by Crippen LogP contribution is 2.25. The van der Waals surface area contributed by atoms with Gasteiger partial charge < -0.3 is 15.5 Å².